The topological polar surface area (TPSA) is 96.5 Å². The molecule has 1 unspecified atom stereocenters. The predicted molar refractivity (Wildman–Crippen MR) is 161 cm³/mol. The van der Waals surface area contributed by atoms with E-state index in [9.17, 15) is 10.1 Å². The van der Waals surface area contributed by atoms with Crippen molar-refractivity contribution in [1.82, 2.24) is 19.7 Å². The first-order valence-corrected chi connectivity index (χ1v) is 15.2. The van der Waals surface area contributed by atoms with E-state index in [4.69, 9.17) is 4.98 Å². The molecule has 0 aliphatic heterocycles. The average molecular weight is 565 g/mol. The lowest BCUT2D eigenvalue weighted by Crippen LogP contribution is -2.14. The third-order valence-electron chi connectivity index (χ3n) is 7.50. The standard InChI is InChI=1S/C31H28N6OS2/c1-3-19-13-14-22-24(17-32)30(40-27(22)15-19)34-28(38)18-39-31-36-35-29(37(31)2)23-16-26(20-9-5-4-6-10-20)33-25-12-8-7-11-21(23)25/h4-12,16,19H,3,13-15,18H2,1-2H3,(H,34,38). The van der Waals surface area contributed by atoms with E-state index in [1.807, 2.05) is 72.3 Å². The molecule has 0 fully saturated rings. The van der Waals surface area contributed by atoms with Gasteiger partial charge in [-0.15, -0.1) is 21.5 Å². The number of anilines is 1. The number of rotatable bonds is 7. The highest BCUT2D eigenvalue weighted by Crippen LogP contribution is 2.40. The molecule has 9 heteroatoms. The first-order valence-electron chi connectivity index (χ1n) is 13.4. The number of hydrogen-bond acceptors (Lipinski definition) is 7. The fourth-order valence-electron chi connectivity index (χ4n) is 5.29. The maximum absolute atomic E-state index is 13.0. The fourth-order valence-corrected chi connectivity index (χ4v) is 7.33. The second-order valence-corrected chi connectivity index (χ2v) is 12.0. The number of thioether (sulfide) groups is 1. The Morgan fingerprint density at radius 3 is 2.77 bits per heavy atom. The Morgan fingerprint density at radius 1 is 1.18 bits per heavy atom. The predicted octanol–water partition coefficient (Wildman–Crippen LogP) is 6.88. The number of pyridine rings is 1. The summed E-state index contributed by atoms with van der Waals surface area (Å²) in [5.41, 5.74) is 5.46. The first-order chi connectivity index (χ1) is 19.6. The van der Waals surface area contributed by atoms with Crippen LogP contribution >= 0.6 is 23.1 Å². The summed E-state index contributed by atoms with van der Waals surface area (Å²) in [6.07, 6.45) is 4.15. The third-order valence-corrected chi connectivity index (χ3v) is 9.69. The minimum atomic E-state index is -0.155. The van der Waals surface area contributed by atoms with Crippen molar-refractivity contribution in [3.8, 4) is 28.7 Å². The molecule has 2 aromatic carbocycles. The molecule has 3 heterocycles. The van der Waals surface area contributed by atoms with Gasteiger partial charge in [-0.3, -0.25) is 4.79 Å². The van der Waals surface area contributed by atoms with Gasteiger partial charge in [0.15, 0.2) is 11.0 Å². The second kappa shape index (κ2) is 11.2. The van der Waals surface area contributed by atoms with Gasteiger partial charge in [0.05, 0.1) is 22.5 Å². The van der Waals surface area contributed by atoms with E-state index in [0.29, 0.717) is 27.5 Å². The molecule has 5 aromatic rings. The number of fused-ring (bicyclic) bond motifs is 2. The minimum absolute atomic E-state index is 0.155. The van der Waals surface area contributed by atoms with Crippen LogP contribution in [0.1, 0.15) is 35.8 Å². The van der Waals surface area contributed by atoms with Gasteiger partial charge in [0.25, 0.3) is 0 Å². The minimum Gasteiger partial charge on any atom is -0.316 e. The number of para-hydroxylation sites is 1. The number of carbonyl (C=O) groups is 1. The molecule has 0 bridgehead atoms. The van der Waals surface area contributed by atoms with Gasteiger partial charge in [-0.25, -0.2) is 4.98 Å². The summed E-state index contributed by atoms with van der Waals surface area (Å²) < 4.78 is 1.92. The van der Waals surface area contributed by atoms with Crippen molar-refractivity contribution in [2.75, 3.05) is 11.1 Å². The van der Waals surface area contributed by atoms with Crippen LogP contribution < -0.4 is 5.32 Å². The lowest BCUT2D eigenvalue weighted by Gasteiger charge is -2.20. The summed E-state index contributed by atoms with van der Waals surface area (Å²) in [4.78, 5) is 19.1. The molecule has 0 spiro atoms. The quantitative estimate of drug-likeness (QED) is 0.217. The van der Waals surface area contributed by atoms with E-state index < -0.39 is 0 Å². The van der Waals surface area contributed by atoms with Gasteiger partial charge in [-0.05, 0) is 42.9 Å². The number of amides is 1. The molecule has 0 saturated carbocycles. The van der Waals surface area contributed by atoms with Crippen LogP contribution in [-0.4, -0.2) is 31.4 Å². The largest absolute Gasteiger partial charge is 0.316 e. The molecule has 1 amide bonds. The number of carbonyl (C=O) groups excluding carboxylic acids is 1. The highest BCUT2D eigenvalue weighted by molar-refractivity contribution is 7.99. The molecule has 200 valence electrons. The van der Waals surface area contributed by atoms with Gasteiger partial charge < -0.3 is 9.88 Å². The molecule has 1 aliphatic carbocycles. The van der Waals surface area contributed by atoms with Crippen LogP contribution in [0.4, 0.5) is 5.00 Å². The highest BCUT2D eigenvalue weighted by atomic mass is 32.2. The lowest BCUT2D eigenvalue weighted by molar-refractivity contribution is -0.113. The Balaban J connectivity index is 1.22. The van der Waals surface area contributed by atoms with Gasteiger partial charge in [0.2, 0.25) is 5.91 Å². The zero-order valence-corrected chi connectivity index (χ0v) is 24.0. The van der Waals surface area contributed by atoms with E-state index in [0.717, 1.165) is 59.0 Å². The SMILES string of the molecule is CCC1CCc2c(sc(NC(=O)CSc3nnc(-c4cc(-c5ccccc5)nc5ccccc45)n3C)c2C#N)C1. The van der Waals surface area contributed by atoms with Crippen LogP contribution in [0.5, 0.6) is 0 Å². The molecule has 1 N–H and O–H groups in total. The van der Waals surface area contributed by atoms with Crippen molar-refractivity contribution < 1.29 is 4.79 Å². The molecule has 6 rings (SSSR count). The van der Waals surface area contributed by atoms with Crippen LogP contribution in [-0.2, 0) is 24.7 Å². The van der Waals surface area contributed by atoms with E-state index in [1.54, 1.807) is 11.3 Å². The van der Waals surface area contributed by atoms with Crippen molar-refractivity contribution in [2.24, 2.45) is 13.0 Å². The van der Waals surface area contributed by atoms with Crippen molar-refractivity contribution in [1.29, 1.82) is 5.26 Å². The Bertz CT molecular complexity index is 1750. The summed E-state index contributed by atoms with van der Waals surface area (Å²) in [6.45, 7) is 2.21. The van der Waals surface area contributed by atoms with Gasteiger partial charge in [0, 0.05) is 28.4 Å². The second-order valence-electron chi connectivity index (χ2n) is 9.98. The Labute approximate surface area is 241 Å². The summed E-state index contributed by atoms with van der Waals surface area (Å²) in [6, 6.07) is 22.5. The number of hydrogen-bond donors (Lipinski definition) is 1. The van der Waals surface area contributed by atoms with E-state index >= 15 is 0 Å². The number of aromatic nitrogens is 4. The number of nitrogens with zero attached hydrogens (tertiary/aromatic N) is 5. The van der Waals surface area contributed by atoms with Crippen LogP contribution in [0.15, 0.2) is 65.8 Å². The molecule has 0 saturated heterocycles. The maximum Gasteiger partial charge on any atom is 0.235 e. The number of benzene rings is 2. The lowest BCUT2D eigenvalue weighted by atomic mass is 9.86. The van der Waals surface area contributed by atoms with Gasteiger partial charge >= 0.3 is 0 Å². The summed E-state index contributed by atoms with van der Waals surface area (Å²) in [5, 5.41) is 24.0. The molecule has 3 aromatic heterocycles. The number of nitrogens with one attached hydrogen (secondary N) is 1. The molecular weight excluding hydrogens is 537 g/mol. The fraction of sp³-hybridized carbons (Fsp3) is 0.258. The van der Waals surface area contributed by atoms with E-state index in [1.165, 1.54) is 16.6 Å². The van der Waals surface area contributed by atoms with Gasteiger partial charge in [-0.1, -0.05) is 73.6 Å². The average Bonchev–Trinajstić information content (AvgIpc) is 3.53. The zero-order chi connectivity index (χ0) is 27.6. The number of thiophene rings is 1. The normalized spacial score (nSPS) is 14.6. The van der Waals surface area contributed by atoms with Crippen LogP contribution in [0.25, 0.3) is 33.5 Å². The molecule has 0 radical (unpaired) electrons. The molecule has 40 heavy (non-hydrogen) atoms. The van der Waals surface area contributed by atoms with Crippen LogP contribution in [0, 0.1) is 17.2 Å². The Morgan fingerprint density at radius 2 is 1.98 bits per heavy atom. The van der Waals surface area contributed by atoms with Crippen molar-refractivity contribution in [3.63, 3.8) is 0 Å². The van der Waals surface area contributed by atoms with Crippen LogP contribution in [0.3, 0.4) is 0 Å². The first kappa shape index (κ1) is 26.2. The Kier molecular flexibility index (Phi) is 7.37. The van der Waals surface area contributed by atoms with Crippen molar-refractivity contribution in [2.45, 2.75) is 37.8 Å². The monoisotopic (exact) mass is 564 g/mol. The van der Waals surface area contributed by atoms with Crippen molar-refractivity contribution in [3.05, 3.63) is 76.7 Å². The maximum atomic E-state index is 13.0. The van der Waals surface area contributed by atoms with E-state index in [2.05, 4.69) is 28.5 Å². The summed E-state index contributed by atoms with van der Waals surface area (Å²) in [5.74, 6) is 1.38. The van der Waals surface area contributed by atoms with Gasteiger partial charge in [-0.2, -0.15) is 5.26 Å². The van der Waals surface area contributed by atoms with Gasteiger partial charge in [0.1, 0.15) is 11.1 Å². The highest BCUT2D eigenvalue weighted by Gasteiger charge is 2.26. The zero-order valence-electron chi connectivity index (χ0n) is 22.3. The van der Waals surface area contributed by atoms with Crippen LogP contribution in [0.2, 0.25) is 0 Å². The van der Waals surface area contributed by atoms with Crippen molar-refractivity contribution >= 4 is 44.9 Å². The summed E-state index contributed by atoms with van der Waals surface area (Å²) >= 11 is 2.89. The molecular formula is C31H28N6OS2. The number of nitriles is 1. The Hall–Kier alpha value is -4.00. The smallest absolute Gasteiger partial charge is 0.235 e. The summed E-state index contributed by atoms with van der Waals surface area (Å²) in [7, 11) is 1.91. The van der Waals surface area contributed by atoms with E-state index in [-0.39, 0.29) is 11.7 Å². The molecule has 1 atom stereocenters. The molecule has 7 nitrogen and oxygen atoms in total. The molecule has 1 aliphatic rings. The third kappa shape index (κ3) is 5.01.